The Hall–Kier alpha value is -3.40. The first-order chi connectivity index (χ1) is 17.3. The van der Waals surface area contributed by atoms with Gasteiger partial charge >= 0.3 is 11.9 Å². The van der Waals surface area contributed by atoms with Crippen molar-refractivity contribution < 1.29 is 19.1 Å². The van der Waals surface area contributed by atoms with E-state index in [1.807, 2.05) is 48.5 Å². The van der Waals surface area contributed by atoms with Crippen molar-refractivity contribution in [2.45, 2.75) is 52.4 Å². The second-order valence-electron chi connectivity index (χ2n) is 10.7. The van der Waals surface area contributed by atoms with E-state index in [2.05, 4.69) is 52.0 Å². The summed E-state index contributed by atoms with van der Waals surface area (Å²) in [6.45, 7) is 8.50. The number of rotatable bonds is 8. The summed E-state index contributed by atoms with van der Waals surface area (Å²) >= 11 is 0. The van der Waals surface area contributed by atoms with E-state index >= 15 is 0 Å². The quantitative estimate of drug-likeness (QED) is 0.203. The van der Waals surface area contributed by atoms with E-state index in [0.29, 0.717) is 23.3 Å². The normalized spacial score (nSPS) is 22.6. The highest BCUT2D eigenvalue weighted by Gasteiger charge is 2.41. The second kappa shape index (κ2) is 9.57. The monoisotopic (exact) mass is 482 g/mol. The molecule has 0 aliphatic heterocycles. The Bertz CT molecular complexity index is 1170. The summed E-state index contributed by atoms with van der Waals surface area (Å²) < 4.78 is 11.2. The van der Waals surface area contributed by atoms with Gasteiger partial charge in [-0.1, -0.05) is 69.3 Å². The Kier molecular flexibility index (Phi) is 6.46. The third kappa shape index (κ3) is 4.82. The van der Waals surface area contributed by atoms with Crippen LogP contribution in [0.3, 0.4) is 0 Å². The van der Waals surface area contributed by atoms with Crippen molar-refractivity contribution >= 4 is 11.9 Å². The van der Waals surface area contributed by atoms with Crippen molar-refractivity contribution in [3.05, 3.63) is 95.1 Å². The van der Waals surface area contributed by atoms with Gasteiger partial charge in [0.05, 0.1) is 11.8 Å². The molecule has 0 aromatic heterocycles. The highest BCUT2D eigenvalue weighted by atomic mass is 16.5. The summed E-state index contributed by atoms with van der Waals surface area (Å²) in [5.74, 6) is 1.76. The third-order valence-electron chi connectivity index (χ3n) is 8.06. The van der Waals surface area contributed by atoms with Gasteiger partial charge in [0.15, 0.2) is 0 Å². The van der Waals surface area contributed by atoms with Crippen LogP contribution in [0.15, 0.2) is 72.8 Å². The third-order valence-corrected chi connectivity index (χ3v) is 8.06. The van der Waals surface area contributed by atoms with Crippen molar-refractivity contribution in [3.63, 3.8) is 0 Å². The van der Waals surface area contributed by atoms with Gasteiger partial charge in [-0.3, -0.25) is 9.59 Å². The fourth-order valence-corrected chi connectivity index (χ4v) is 4.97. The predicted molar refractivity (Wildman–Crippen MR) is 140 cm³/mol. The smallest absolute Gasteiger partial charge is 0.314 e. The van der Waals surface area contributed by atoms with E-state index in [1.165, 1.54) is 5.56 Å². The lowest BCUT2D eigenvalue weighted by molar-refractivity contribution is -0.137. The lowest BCUT2D eigenvalue weighted by Gasteiger charge is -2.32. The van der Waals surface area contributed by atoms with Crippen molar-refractivity contribution in [2.24, 2.45) is 23.7 Å². The molecule has 0 heterocycles. The summed E-state index contributed by atoms with van der Waals surface area (Å²) in [6.07, 6.45) is 2.80. The molecule has 2 aliphatic carbocycles. The minimum atomic E-state index is -0.451. The molecule has 4 nitrogen and oxygen atoms in total. The van der Waals surface area contributed by atoms with Gasteiger partial charge in [0.25, 0.3) is 0 Å². The van der Waals surface area contributed by atoms with Gasteiger partial charge in [0.2, 0.25) is 0 Å². The maximum atomic E-state index is 12.3. The van der Waals surface area contributed by atoms with Crippen LogP contribution in [-0.2, 0) is 21.4 Å². The summed E-state index contributed by atoms with van der Waals surface area (Å²) in [6, 6.07) is 24.4. The van der Waals surface area contributed by atoms with E-state index in [1.54, 1.807) is 0 Å². The Morgan fingerprint density at radius 3 is 1.33 bits per heavy atom. The van der Waals surface area contributed by atoms with Crippen LogP contribution in [0.25, 0.3) is 0 Å². The Labute approximate surface area is 213 Å². The van der Waals surface area contributed by atoms with Crippen LogP contribution in [0.2, 0.25) is 0 Å². The maximum Gasteiger partial charge on any atom is 0.314 e. The van der Waals surface area contributed by atoms with Crippen LogP contribution < -0.4 is 9.47 Å². The molecule has 0 radical (unpaired) electrons. The fraction of sp³-hybridized carbons (Fsp3) is 0.375. The molecule has 0 saturated heterocycles. The predicted octanol–water partition coefficient (Wildman–Crippen LogP) is 6.73. The Balaban J connectivity index is 1.43. The lowest BCUT2D eigenvalue weighted by atomic mass is 9.71. The topological polar surface area (TPSA) is 52.6 Å². The van der Waals surface area contributed by atoms with Gasteiger partial charge in [0, 0.05) is 5.41 Å². The summed E-state index contributed by atoms with van der Waals surface area (Å²) in [5.41, 5.74) is 4.17. The number of carbonyl (C=O) groups excluding carboxylic acids is 2. The van der Waals surface area contributed by atoms with Crippen molar-refractivity contribution in [1.82, 2.24) is 0 Å². The minimum absolute atomic E-state index is 0.0303. The molecular weight excluding hydrogens is 448 g/mol. The number of carbonyl (C=O) groups is 2. The van der Waals surface area contributed by atoms with Crippen molar-refractivity contribution in [2.75, 3.05) is 0 Å². The molecule has 3 aromatic rings. The zero-order valence-corrected chi connectivity index (χ0v) is 21.5. The number of aryl methyl sites for hydroxylation is 1. The van der Waals surface area contributed by atoms with Crippen LogP contribution >= 0.6 is 0 Å². The first-order valence-electron chi connectivity index (χ1n) is 13.0. The van der Waals surface area contributed by atoms with Gasteiger partial charge in [-0.25, -0.2) is 0 Å². The molecule has 5 rings (SSSR count). The molecule has 186 valence electrons. The molecule has 4 atom stereocenters. The zero-order valence-electron chi connectivity index (χ0n) is 21.5. The Morgan fingerprint density at radius 1 is 0.694 bits per heavy atom. The molecule has 0 bridgehead atoms. The molecule has 0 unspecified atom stereocenters. The molecule has 36 heavy (non-hydrogen) atoms. The fourth-order valence-electron chi connectivity index (χ4n) is 4.97. The van der Waals surface area contributed by atoms with E-state index in [-0.39, 0.29) is 23.8 Å². The van der Waals surface area contributed by atoms with Gasteiger partial charge in [0.1, 0.15) is 11.5 Å². The first-order valence-corrected chi connectivity index (χ1v) is 13.0. The van der Waals surface area contributed by atoms with Crippen molar-refractivity contribution in [3.8, 4) is 11.5 Å². The summed E-state index contributed by atoms with van der Waals surface area (Å²) in [4.78, 5) is 24.6. The standard InChI is InChI=1S/C32H34O4/c1-5-22-6-8-23(9-7-22)32(4,24-10-14-26(15-11-24)35-30(33)28-18-20(28)2)25-12-16-27(17-13-25)36-31(34)29-19-21(29)3/h6-17,20-21,28-29H,5,18-19H2,1-4H3/t20-,21-,28+,29+/m0/s1. The average molecular weight is 483 g/mol. The molecule has 2 saturated carbocycles. The van der Waals surface area contributed by atoms with E-state index in [0.717, 1.165) is 36.0 Å². The highest BCUT2D eigenvalue weighted by Crippen LogP contribution is 2.42. The number of benzene rings is 3. The summed E-state index contributed by atoms with van der Waals surface area (Å²) in [7, 11) is 0. The lowest BCUT2D eigenvalue weighted by Crippen LogP contribution is -2.25. The minimum Gasteiger partial charge on any atom is -0.426 e. The number of hydrogen-bond acceptors (Lipinski definition) is 4. The molecule has 4 heteroatoms. The van der Waals surface area contributed by atoms with E-state index in [9.17, 15) is 9.59 Å². The van der Waals surface area contributed by atoms with E-state index < -0.39 is 5.41 Å². The first kappa shape index (κ1) is 24.3. The van der Waals surface area contributed by atoms with Gasteiger partial charge in [-0.15, -0.1) is 0 Å². The maximum absolute atomic E-state index is 12.3. The van der Waals surface area contributed by atoms with Gasteiger partial charge in [-0.05, 0) is 84.5 Å². The molecule has 0 N–H and O–H groups in total. The number of esters is 2. The largest absolute Gasteiger partial charge is 0.426 e. The van der Waals surface area contributed by atoms with Crippen LogP contribution in [0.1, 0.15) is 62.8 Å². The van der Waals surface area contributed by atoms with Crippen LogP contribution in [0.5, 0.6) is 11.5 Å². The number of ether oxygens (including phenoxy) is 2. The average Bonchev–Trinajstić information content (AvgIpc) is 3.81. The molecule has 3 aromatic carbocycles. The molecule has 2 fully saturated rings. The van der Waals surface area contributed by atoms with Gasteiger partial charge < -0.3 is 9.47 Å². The second-order valence-corrected chi connectivity index (χ2v) is 10.7. The van der Waals surface area contributed by atoms with Crippen molar-refractivity contribution in [1.29, 1.82) is 0 Å². The summed E-state index contributed by atoms with van der Waals surface area (Å²) in [5, 5.41) is 0. The van der Waals surface area contributed by atoms with Crippen LogP contribution in [-0.4, -0.2) is 11.9 Å². The SMILES string of the molecule is CCc1ccc(C(C)(c2ccc(OC(=O)[C@@H]3C[C@@H]3C)cc2)c2ccc(OC(=O)[C@@H]3C[C@@H]3C)cc2)cc1. The Morgan fingerprint density at radius 2 is 1.03 bits per heavy atom. The highest BCUT2D eigenvalue weighted by molar-refractivity contribution is 5.78. The number of hydrogen-bond donors (Lipinski definition) is 0. The van der Waals surface area contributed by atoms with E-state index in [4.69, 9.17) is 9.47 Å². The van der Waals surface area contributed by atoms with Gasteiger partial charge in [-0.2, -0.15) is 0 Å². The van der Waals surface area contributed by atoms with Crippen LogP contribution in [0.4, 0.5) is 0 Å². The van der Waals surface area contributed by atoms with Crippen LogP contribution in [0, 0.1) is 23.7 Å². The molecule has 2 aliphatic rings. The molecular formula is C32H34O4. The zero-order chi connectivity index (χ0) is 25.4. The molecule has 0 amide bonds. The molecule has 0 spiro atoms.